The number of hydrogen-bond acceptors (Lipinski definition) is 2. The third-order valence-electron chi connectivity index (χ3n) is 2.63. The Morgan fingerprint density at radius 2 is 2.12 bits per heavy atom. The van der Waals surface area contributed by atoms with Crippen LogP contribution in [0, 0.1) is 6.92 Å². The number of hydrogen-bond donors (Lipinski definition) is 1. The fourth-order valence-electron chi connectivity index (χ4n) is 1.56. The van der Waals surface area contributed by atoms with Crippen LogP contribution in [0.5, 0.6) is 0 Å². The van der Waals surface area contributed by atoms with E-state index in [0.717, 1.165) is 24.9 Å². The second-order valence-corrected chi connectivity index (χ2v) is 4.17. The van der Waals surface area contributed by atoms with Crippen molar-refractivity contribution < 1.29 is 4.79 Å². The molecule has 3 nitrogen and oxygen atoms in total. The molecule has 0 atom stereocenters. The van der Waals surface area contributed by atoms with Gasteiger partial charge in [0.1, 0.15) is 0 Å². The average Bonchev–Trinajstić information content (AvgIpc) is 2.28. The molecule has 0 unspecified atom stereocenters. The number of nitrogens with zero attached hydrogens (tertiary/aromatic N) is 1. The maximum Gasteiger partial charge on any atom is 0.255 e. The number of benzene rings is 1. The van der Waals surface area contributed by atoms with E-state index in [1.807, 2.05) is 26.1 Å². The van der Waals surface area contributed by atoms with Gasteiger partial charge < -0.3 is 10.6 Å². The van der Waals surface area contributed by atoms with Gasteiger partial charge in [-0.1, -0.05) is 25.0 Å². The van der Waals surface area contributed by atoms with Gasteiger partial charge in [0.05, 0.1) is 5.56 Å². The summed E-state index contributed by atoms with van der Waals surface area (Å²) >= 11 is 0. The zero-order chi connectivity index (χ0) is 12.1. The minimum atomic E-state index is 0.00894. The minimum absolute atomic E-state index is 0.00894. The van der Waals surface area contributed by atoms with Crippen molar-refractivity contribution >= 4 is 11.6 Å². The molecular weight excluding hydrogens is 200 g/mol. The molecule has 0 aromatic heterocycles. The van der Waals surface area contributed by atoms with Crippen molar-refractivity contribution in [1.82, 2.24) is 4.90 Å². The SMILES string of the molecule is CCCCN(C)C(=O)c1cc(C)ccc1N. The van der Waals surface area contributed by atoms with Gasteiger partial charge in [-0.15, -0.1) is 0 Å². The topological polar surface area (TPSA) is 46.3 Å². The van der Waals surface area contributed by atoms with E-state index in [-0.39, 0.29) is 5.91 Å². The lowest BCUT2D eigenvalue weighted by molar-refractivity contribution is 0.0794. The second kappa shape index (κ2) is 5.54. The Kier molecular flexibility index (Phi) is 4.35. The molecule has 1 amide bonds. The van der Waals surface area contributed by atoms with E-state index >= 15 is 0 Å². The van der Waals surface area contributed by atoms with E-state index in [4.69, 9.17) is 5.73 Å². The van der Waals surface area contributed by atoms with Crippen LogP contribution in [0.25, 0.3) is 0 Å². The summed E-state index contributed by atoms with van der Waals surface area (Å²) in [4.78, 5) is 13.8. The first-order valence-corrected chi connectivity index (χ1v) is 5.67. The largest absolute Gasteiger partial charge is 0.398 e. The molecule has 1 rings (SSSR count). The fourth-order valence-corrected chi connectivity index (χ4v) is 1.56. The summed E-state index contributed by atoms with van der Waals surface area (Å²) in [6, 6.07) is 5.55. The van der Waals surface area contributed by atoms with Gasteiger partial charge in [-0.25, -0.2) is 0 Å². The van der Waals surface area contributed by atoms with Crippen molar-refractivity contribution in [2.45, 2.75) is 26.7 Å². The third kappa shape index (κ3) is 2.99. The summed E-state index contributed by atoms with van der Waals surface area (Å²) in [5, 5.41) is 0. The molecule has 16 heavy (non-hydrogen) atoms. The van der Waals surface area contributed by atoms with E-state index in [1.54, 1.807) is 11.0 Å². The highest BCUT2D eigenvalue weighted by atomic mass is 16.2. The van der Waals surface area contributed by atoms with Crippen molar-refractivity contribution in [1.29, 1.82) is 0 Å². The summed E-state index contributed by atoms with van der Waals surface area (Å²) in [5.74, 6) is 0.00894. The Balaban J connectivity index is 2.83. The molecule has 0 bridgehead atoms. The Morgan fingerprint density at radius 1 is 1.44 bits per heavy atom. The first-order chi connectivity index (χ1) is 7.56. The van der Waals surface area contributed by atoms with Crippen molar-refractivity contribution in [2.24, 2.45) is 0 Å². The fraction of sp³-hybridized carbons (Fsp3) is 0.462. The zero-order valence-corrected chi connectivity index (χ0v) is 10.3. The first kappa shape index (κ1) is 12.6. The number of rotatable bonds is 4. The maximum atomic E-state index is 12.1. The predicted octanol–water partition coefficient (Wildman–Crippen LogP) is 2.45. The average molecular weight is 220 g/mol. The van der Waals surface area contributed by atoms with Gasteiger partial charge in [0.25, 0.3) is 5.91 Å². The normalized spacial score (nSPS) is 10.2. The van der Waals surface area contributed by atoms with Crippen LogP contribution in [0.2, 0.25) is 0 Å². The lowest BCUT2D eigenvalue weighted by Gasteiger charge is -2.18. The number of aryl methyl sites for hydroxylation is 1. The molecule has 3 heteroatoms. The van der Waals surface area contributed by atoms with Crippen LogP contribution in [0.3, 0.4) is 0 Å². The van der Waals surface area contributed by atoms with Crippen LogP contribution in [0.15, 0.2) is 18.2 Å². The number of unbranched alkanes of at least 4 members (excludes halogenated alkanes) is 1. The monoisotopic (exact) mass is 220 g/mol. The molecule has 0 aliphatic heterocycles. The van der Waals surface area contributed by atoms with Crippen molar-refractivity contribution in [2.75, 3.05) is 19.3 Å². The molecule has 0 heterocycles. The van der Waals surface area contributed by atoms with Crippen LogP contribution in [0.4, 0.5) is 5.69 Å². The smallest absolute Gasteiger partial charge is 0.255 e. The quantitative estimate of drug-likeness (QED) is 0.792. The van der Waals surface area contributed by atoms with Gasteiger partial charge in [-0.3, -0.25) is 4.79 Å². The van der Waals surface area contributed by atoms with Crippen molar-refractivity contribution in [3.05, 3.63) is 29.3 Å². The van der Waals surface area contributed by atoms with Gasteiger partial charge in [0, 0.05) is 19.3 Å². The number of amides is 1. The lowest BCUT2D eigenvalue weighted by Crippen LogP contribution is -2.28. The summed E-state index contributed by atoms with van der Waals surface area (Å²) in [6.45, 7) is 4.85. The molecule has 0 saturated heterocycles. The highest BCUT2D eigenvalue weighted by Gasteiger charge is 2.13. The molecule has 0 aliphatic carbocycles. The van der Waals surface area contributed by atoms with Crippen LogP contribution >= 0.6 is 0 Å². The van der Waals surface area contributed by atoms with E-state index in [1.165, 1.54) is 0 Å². The minimum Gasteiger partial charge on any atom is -0.398 e. The second-order valence-electron chi connectivity index (χ2n) is 4.17. The number of anilines is 1. The highest BCUT2D eigenvalue weighted by molar-refractivity contribution is 5.99. The Hall–Kier alpha value is -1.51. The number of carbonyl (C=O) groups excluding carboxylic acids is 1. The Morgan fingerprint density at radius 3 is 2.75 bits per heavy atom. The number of nitrogens with two attached hydrogens (primary N) is 1. The van der Waals surface area contributed by atoms with E-state index in [0.29, 0.717) is 11.3 Å². The molecule has 0 fully saturated rings. The van der Waals surface area contributed by atoms with E-state index in [9.17, 15) is 4.79 Å². The van der Waals surface area contributed by atoms with Gasteiger partial charge in [-0.2, -0.15) is 0 Å². The summed E-state index contributed by atoms with van der Waals surface area (Å²) in [7, 11) is 1.82. The molecule has 0 spiro atoms. The summed E-state index contributed by atoms with van der Waals surface area (Å²) in [5.41, 5.74) is 8.03. The van der Waals surface area contributed by atoms with Gasteiger partial charge in [-0.05, 0) is 25.5 Å². The van der Waals surface area contributed by atoms with Crippen LogP contribution < -0.4 is 5.73 Å². The molecule has 0 aliphatic rings. The van der Waals surface area contributed by atoms with Gasteiger partial charge in [0.15, 0.2) is 0 Å². The van der Waals surface area contributed by atoms with Crippen LogP contribution in [-0.2, 0) is 0 Å². The molecule has 1 aromatic carbocycles. The Labute approximate surface area is 97.2 Å². The van der Waals surface area contributed by atoms with E-state index < -0.39 is 0 Å². The number of nitrogen functional groups attached to an aromatic ring is 1. The van der Waals surface area contributed by atoms with Crippen LogP contribution in [0.1, 0.15) is 35.7 Å². The summed E-state index contributed by atoms with van der Waals surface area (Å²) < 4.78 is 0. The van der Waals surface area contributed by atoms with E-state index in [2.05, 4.69) is 6.92 Å². The molecule has 0 radical (unpaired) electrons. The molecule has 1 aromatic rings. The van der Waals surface area contributed by atoms with Gasteiger partial charge >= 0.3 is 0 Å². The molecular formula is C13H20N2O. The van der Waals surface area contributed by atoms with Gasteiger partial charge in [0.2, 0.25) is 0 Å². The predicted molar refractivity (Wildman–Crippen MR) is 67.5 cm³/mol. The van der Waals surface area contributed by atoms with Crippen molar-refractivity contribution in [3.8, 4) is 0 Å². The van der Waals surface area contributed by atoms with Crippen LogP contribution in [-0.4, -0.2) is 24.4 Å². The molecule has 88 valence electrons. The molecule has 2 N–H and O–H groups in total. The van der Waals surface area contributed by atoms with Crippen molar-refractivity contribution in [3.63, 3.8) is 0 Å². The number of carbonyl (C=O) groups is 1. The summed E-state index contributed by atoms with van der Waals surface area (Å²) in [6.07, 6.45) is 2.11. The lowest BCUT2D eigenvalue weighted by atomic mass is 10.1. The first-order valence-electron chi connectivity index (χ1n) is 5.67. The highest BCUT2D eigenvalue weighted by Crippen LogP contribution is 2.15. The third-order valence-corrected chi connectivity index (χ3v) is 2.63. The molecule has 0 saturated carbocycles. The maximum absolute atomic E-state index is 12.1. The standard InChI is InChI=1S/C13H20N2O/c1-4-5-8-15(3)13(16)11-9-10(2)6-7-12(11)14/h6-7,9H,4-5,8,14H2,1-3H3. The Bertz CT molecular complexity index is 374. The zero-order valence-electron chi connectivity index (χ0n) is 10.3.